The Kier molecular flexibility index (Phi) is 13.0. The molecule has 0 amide bonds. The number of rotatable bonds is 12. The summed E-state index contributed by atoms with van der Waals surface area (Å²) < 4.78 is 97.5. The Morgan fingerprint density at radius 1 is 0.815 bits per heavy atom. The Hall–Kier alpha value is -3.74. The summed E-state index contributed by atoms with van der Waals surface area (Å²) in [5.74, 6) is 1.96. The second kappa shape index (κ2) is 17.0. The number of fused-ring (bicyclic) bond motifs is 1. The first-order chi connectivity index (χ1) is 25.3. The maximum absolute atomic E-state index is 11.8. The molecule has 296 valence electrons. The Balaban J connectivity index is 0.000000338. The quantitative estimate of drug-likeness (QED) is 0.191. The van der Waals surface area contributed by atoms with Crippen LogP contribution in [0.5, 0.6) is 17.2 Å². The molecule has 0 aliphatic carbocycles. The number of aryl methyl sites for hydroxylation is 2. The lowest BCUT2D eigenvalue weighted by molar-refractivity contribution is -0.141. The largest absolute Gasteiger partial charge is 0.492 e. The smallest absolute Gasteiger partial charge is 0.306 e. The first-order valence-electron chi connectivity index (χ1n) is 17.4. The van der Waals surface area contributed by atoms with Crippen molar-refractivity contribution in [2.45, 2.75) is 57.8 Å². The molecule has 3 aromatic rings. The fourth-order valence-electron chi connectivity index (χ4n) is 6.84. The highest BCUT2D eigenvalue weighted by Gasteiger charge is 2.32. The van der Waals surface area contributed by atoms with Crippen LogP contribution in [0, 0.1) is 13.8 Å². The van der Waals surface area contributed by atoms with Crippen molar-refractivity contribution in [2.75, 3.05) is 58.7 Å². The highest BCUT2D eigenvalue weighted by molar-refractivity contribution is 7.88. The molecule has 0 N–H and O–H groups in total. The number of esters is 1. The fraction of sp³-hybridized carbons (Fsp3) is 0.486. The first-order valence-corrected chi connectivity index (χ1v) is 22.9. The predicted octanol–water partition coefficient (Wildman–Crippen LogP) is 4.00. The number of methoxy groups -OCH3 is 1. The minimum absolute atomic E-state index is 0.00297. The minimum Gasteiger partial charge on any atom is -0.492 e. The lowest BCUT2D eigenvalue weighted by Gasteiger charge is -2.18. The molecule has 2 saturated heterocycles. The van der Waals surface area contributed by atoms with Crippen LogP contribution < -0.4 is 14.2 Å². The molecular formula is C37H48N2O12S3. The summed E-state index contributed by atoms with van der Waals surface area (Å²) in [6, 6.07) is 18.1. The third-order valence-electron chi connectivity index (χ3n) is 9.40. The SMILES string of the molecule is COC(=O)C[C@@H]1COc2cc(OCc3cccc(-c4c(C)cc(O[C@@H]5CCN(S(C)(=O)=O)C5)cc4C)c3)ccc21.CS(=O)(=O)O[C@H]1CCN(S(C)(=O)=O)C1. The second-order valence-corrected chi connectivity index (χ2v) is 19.5. The third-order valence-corrected chi connectivity index (χ3v) is 12.6. The van der Waals surface area contributed by atoms with Crippen molar-refractivity contribution in [3.05, 3.63) is 76.9 Å². The van der Waals surface area contributed by atoms with Crippen LogP contribution in [0.25, 0.3) is 11.1 Å². The van der Waals surface area contributed by atoms with Crippen molar-refractivity contribution in [2.24, 2.45) is 0 Å². The van der Waals surface area contributed by atoms with E-state index in [1.54, 1.807) is 0 Å². The zero-order chi connectivity index (χ0) is 39.4. The van der Waals surface area contributed by atoms with Crippen LogP contribution in [0.1, 0.15) is 47.4 Å². The Bertz CT molecular complexity index is 2150. The van der Waals surface area contributed by atoms with Crippen molar-refractivity contribution in [3.8, 4) is 28.4 Å². The fourth-order valence-corrected chi connectivity index (χ4v) is 9.24. The van der Waals surface area contributed by atoms with Gasteiger partial charge in [-0.15, -0.1) is 0 Å². The van der Waals surface area contributed by atoms with Gasteiger partial charge in [-0.05, 0) is 78.8 Å². The van der Waals surface area contributed by atoms with Crippen LogP contribution in [-0.4, -0.2) is 111 Å². The molecule has 3 aromatic carbocycles. The van der Waals surface area contributed by atoms with E-state index in [1.165, 1.54) is 22.0 Å². The number of sulfonamides is 2. The molecule has 3 atom stereocenters. The zero-order valence-electron chi connectivity index (χ0n) is 31.3. The van der Waals surface area contributed by atoms with Crippen molar-refractivity contribution >= 4 is 36.1 Å². The average Bonchev–Trinajstić information content (AvgIpc) is 3.84. The van der Waals surface area contributed by atoms with Crippen LogP contribution in [0.15, 0.2) is 54.6 Å². The predicted molar refractivity (Wildman–Crippen MR) is 203 cm³/mol. The third kappa shape index (κ3) is 11.2. The molecule has 3 heterocycles. The van der Waals surface area contributed by atoms with Gasteiger partial charge in [-0.25, -0.2) is 16.8 Å². The number of hydrogen-bond donors (Lipinski definition) is 0. The highest BCUT2D eigenvalue weighted by Crippen LogP contribution is 2.39. The summed E-state index contributed by atoms with van der Waals surface area (Å²) in [7, 11) is -8.54. The molecule has 17 heteroatoms. The van der Waals surface area contributed by atoms with E-state index < -0.39 is 36.3 Å². The van der Waals surface area contributed by atoms with E-state index in [9.17, 15) is 30.0 Å². The lowest BCUT2D eigenvalue weighted by atomic mass is 9.94. The Morgan fingerprint density at radius 2 is 1.44 bits per heavy atom. The van der Waals surface area contributed by atoms with Crippen LogP contribution in [-0.2, 0) is 50.5 Å². The number of ether oxygens (including phenoxy) is 4. The van der Waals surface area contributed by atoms with Crippen LogP contribution in [0.4, 0.5) is 0 Å². The normalized spacial score (nSPS) is 20.4. The van der Waals surface area contributed by atoms with E-state index in [2.05, 4.69) is 26.0 Å². The summed E-state index contributed by atoms with van der Waals surface area (Å²) in [4.78, 5) is 11.7. The van der Waals surface area contributed by atoms with Gasteiger partial charge in [-0.2, -0.15) is 17.0 Å². The standard InChI is InChI=1S/C31H35NO7S.C6H13NO5S2/c1-20-12-27(39-26-10-11-32(17-26)40(4,34)35)13-21(2)31(20)23-7-5-6-22(14-23)18-37-25-8-9-28-24(15-30(33)36-3)19-38-29(28)16-25;1-13(8,9)7-4-3-6(5-7)12-14(2,10)11/h5-9,12-14,16,24,26H,10-11,15,17-19H2,1-4H3;6H,3-5H2,1-2H3/t24-,26-;6-/m10/s1. The summed E-state index contributed by atoms with van der Waals surface area (Å²) in [5.41, 5.74) is 6.44. The molecule has 6 rings (SSSR count). The molecule has 54 heavy (non-hydrogen) atoms. The summed E-state index contributed by atoms with van der Waals surface area (Å²) in [6.07, 6.45) is 3.99. The Morgan fingerprint density at radius 3 is 2.04 bits per heavy atom. The van der Waals surface area contributed by atoms with Gasteiger partial charge in [0, 0.05) is 37.2 Å². The molecule has 3 aliphatic rings. The van der Waals surface area contributed by atoms with Crippen LogP contribution in [0.2, 0.25) is 0 Å². The van der Waals surface area contributed by atoms with Gasteiger partial charge in [0.1, 0.15) is 30.0 Å². The molecule has 3 aliphatic heterocycles. The van der Waals surface area contributed by atoms with Crippen LogP contribution in [0.3, 0.4) is 0 Å². The van der Waals surface area contributed by atoms with E-state index in [0.717, 1.165) is 57.4 Å². The molecular weight excluding hydrogens is 761 g/mol. The van der Waals surface area contributed by atoms with Crippen molar-refractivity contribution < 1.29 is 53.2 Å². The van der Waals surface area contributed by atoms with Gasteiger partial charge in [0.2, 0.25) is 20.0 Å². The highest BCUT2D eigenvalue weighted by atomic mass is 32.2. The topological polar surface area (TPSA) is 172 Å². The van der Waals surface area contributed by atoms with Gasteiger partial charge in [0.25, 0.3) is 10.1 Å². The van der Waals surface area contributed by atoms with Gasteiger partial charge >= 0.3 is 5.97 Å². The molecule has 0 aromatic heterocycles. The Labute approximate surface area is 318 Å². The maximum Gasteiger partial charge on any atom is 0.306 e. The molecule has 0 spiro atoms. The van der Waals surface area contributed by atoms with Gasteiger partial charge < -0.3 is 18.9 Å². The van der Waals surface area contributed by atoms with E-state index >= 15 is 0 Å². The van der Waals surface area contributed by atoms with E-state index in [4.69, 9.17) is 23.1 Å². The number of nitrogens with zero attached hydrogens (tertiary/aromatic N) is 2. The second-order valence-electron chi connectivity index (χ2n) is 13.9. The summed E-state index contributed by atoms with van der Waals surface area (Å²) in [5, 5.41) is 0. The van der Waals surface area contributed by atoms with E-state index in [-0.39, 0.29) is 24.5 Å². The van der Waals surface area contributed by atoms with Gasteiger partial charge in [-0.3, -0.25) is 8.98 Å². The monoisotopic (exact) mass is 808 g/mol. The molecule has 0 saturated carbocycles. The van der Waals surface area contributed by atoms with Crippen molar-refractivity contribution in [3.63, 3.8) is 0 Å². The average molecular weight is 809 g/mol. The van der Waals surface area contributed by atoms with Gasteiger partial charge in [0.05, 0.1) is 51.6 Å². The zero-order valence-corrected chi connectivity index (χ0v) is 33.8. The van der Waals surface area contributed by atoms with Gasteiger partial charge in [0.15, 0.2) is 0 Å². The minimum atomic E-state index is -3.50. The number of carbonyl (C=O) groups is 1. The summed E-state index contributed by atoms with van der Waals surface area (Å²) >= 11 is 0. The van der Waals surface area contributed by atoms with E-state index in [0.29, 0.717) is 57.9 Å². The lowest BCUT2D eigenvalue weighted by Crippen LogP contribution is -2.29. The molecule has 2 fully saturated rings. The molecule has 14 nitrogen and oxygen atoms in total. The molecule has 0 bridgehead atoms. The van der Waals surface area contributed by atoms with Crippen LogP contribution >= 0.6 is 0 Å². The number of hydrogen-bond acceptors (Lipinski definition) is 12. The molecule has 0 radical (unpaired) electrons. The van der Waals surface area contributed by atoms with Gasteiger partial charge in [-0.1, -0.05) is 24.3 Å². The molecule has 0 unspecified atom stereocenters. The summed E-state index contributed by atoms with van der Waals surface area (Å²) in [6.45, 7) is 6.29. The maximum atomic E-state index is 11.8. The van der Waals surface area contributed by atoms with Crippen molar-refractivity contribution in [1.29, 1.82) is 0 Å². The van der Waals surface area contributed by atoms with E-state index in [1.807, 2.05) is 42.5 Å². The number of benzene rings is 3. The van der Waals surface area contributed by atoms with Crippen molar-refractivity contribution in [1.82, 2.24) is 8.61 Å². The first kappa shape index (κ1) is 41.4. The number of carbonyl (C=O) groups excluding carboxylic acids is 1.